The fraction of sp³-hybridized carbons (Fsp3) is 0.333. The predicted octanol–water partition coefficient (Wildman–Crippen LogP) is 3.47. The highest BCUT2D eigenvalue weighted by molar-refractivity contribution is 6.02. The van der Waals surface area contributed by atoms with E-state index in [1.807, 2.05) is 0 Å². The minimum atomic E-state index is -2.77. The van der Waals surface area contributed by atoms with Crippen LogP contribution in [-0.2, 0) is 11.2 Å². The van der Waals surface area contributed by atoms with Crippen LogP contribution in [0.25, 0.3) is 0 Å². The molecule has 3 heterocycles. The van der Waals surface area contributed by atoms with Crippen LogP contribution in [0.3, 0.4) is 0 Å². The summed E-state index contributed by atoms with van der Waals surface area (Å²) in [7, 11) is 1.50. The topological polar surface area (TPSA) is 96.8 Å². The van der Waals surface area contributed by atoms with Crippen molar-refractivity contribution >= 4 is 23.5 Å². The molecule has 1 fully saturated rings. The molecule has 0 unspecified atom stereocenters. The number of likely N-dealkylation sites (tertiary alicyclic amines) is 1. The number of piperidine rings is 1. The molecule has 5 rings (SSSR count). The van der Waals surface area contributed by atoms with Gasteiger partial charge in [0.05, 0.1) is 11.9 Å². The number of nitrogens with one attached hydrogen (secondary N) is 1. The third kappa shape index (κ3) is 5.74. The molecule has 1 N–H and O–H groups in total. The molecule has 204 valence electrons. The number of aromatic nitrogens is 2. The SMILES string of the molecule is CN1C(=O)[C@@H](NC(=O)n2cc(Cc3cccc(F)c3)cn2)COc2ccc(C(=O)N3CCC(F)(F)CC3)cc21. The van der Waals surface area contributed by atoms with E-state index in [2.05, 4.69) is 10.4 Å². The van der Waals surface area contributed by atoms with E-state index in [0.717, 1.165) is 10.2 Å². The van der Waals surface area contributed by atoms with Crippen molar-refractivity contribution in [2.24, 2.45) is 0 Å². The van der Waals surface area contributed by atoms with Crippen LogP contribution in [0.5, 0.6) is 5.75 Å². The smallest absolute Gasteiger partial charge is 0.342 e. The Labute approximate surface area is 222 Å². The van der Waals surface area contributed by atoms with Gasteiger partial charge >= 0.3 is 6.03 Å². The number of benzene rings is 2. The van der Waals surface area contributed by atoms with E-state index in [1.165, 1.54) is 53.5 Å². The van der Waals surface area contributed by atoms with Gasteiger partial charge < -0.3 is 19.9 Å². The van der Waals surface area contributed by atoms with Crippen molar-refractivity contribution in [1.29, 1.82) is 0 Å². The highest BCUT2D eigenvalue weighted by Gasteiger charge is 2.36. The zero-order valence-corrected chi connectivity index (χ0v) is 21.1. The van der Waals surface area contributed by atoms with Gasteiger partial charge in [0, 0.05) is 51.2 Å². The number of halogens is 3. The summed E-state index contributed by atoms with van der Waals surface area (Å²) in [6, 6.07) is 8.96. The van der Waals surface area contributed by atoms with E-state index in [4.69, 9.17) is 4.74 Å². The Balaban J connectivity index is 1.25. The molecule has 2 aliphatic rings. The predicted molar refractivity (Wildman–Crippen MR) is 135 cm³/mol. The zero-order valence-electron chi connectivity index (χ0n) is 21.1. The first-order valence-corrected chi connectivity index (χ1v) is 12.4. The molecule has 0 saturated carbocycles. The summed E-state index contributed by atoms with van der Waals surface area (Å²) in [5, 5.41) is 6.66. The molecule has 2 aliphatic heterocycles. The Morgan fingerprint density at radius 3 is 2.64 bits per heavy atom. The number of fused-ring (bicyclic) bond motifs is 1. The van der Waals surface area contributed by atoms with Gasteiger partial charge in [-0.2, -0.15) is 9.78 Å². The number of carbonyl (C=O) groups excluding carboxylic acids is 3. The van der Waals surface area contributed by atoms with Crippen molar-refractivity contribution in [3.63, 3.8) is 0 Å². The van der Waals surface area contributed by atoms with E-state index in [9.17, 15) is 27.6 Å². The highest BCUT2D eigenvalue weighted by Crippen LogP contribution is 2.33. The number of rotatable bonds is 4. The number of hydrogen-bond donors (Lipinski definition) is 1. The molecular weight excluding hydrogens is 515 g/mol. The summed E-state index contributed by atoms with van der Waals surface area (Å²) >= 11 is 0. The summed E-state index contributed by atoms with van der Waals surface area (Å²) in [4.78, 5) is 41.6. The number of amides is 3. The molecule has 2 aromatic carbocycles. The largest absolute Gasteiger partial charge is 0.489 e. The van der Waals surface area contributed by atoms with Crippen LogP contribution >= 0.6 is 0 Å². The minimum absolute atomic E-state index is 0.0559. The van der Waals surface area contributed by atoms with Crippen LogP contribution in [0.15, 0.2) is 54.9 Å². The summed E-state index contributed by atoms with van der Waals surface area (Å²) in [6.07, 6.45) is 2.56. The molecule has 3 amide bonds. The maximum Gasteiger partial charge on any atom is 0.342 e. The van der Waals surface area contributed by atoms with Gasteiger partial charge in [0.25, 0.3) is 17.7 Å². The van der Waals surface area contributed by atoms with Crippen LogP contribution in [0.2, 0.25) is 0 Å². The van der Waals surface area contributed by atoms with E-state index in [0.29, 0.717) is 23.4 Å². The molecule has 0 aliphatic carbocycles. The van der Waals surface area contributed by atoms with Crippen LogP contribution < -0.4 is 15.0 Å². The third-order valence-corrected chi connectivity index (χ3v) is 6.82. The standard InChI is InChI=1S/C27H26F3N5O4/c1-33-22-13-19(24(36)34-9-7-27(29,30)8-10-34)5-6-23(22)39-16-21(25(33)37)32-26(38)35-15-18(14-31-35)11-17-3-2-4-20(28)12-17/h2-6,12-15,21H,7-11,16H2,1H3,(H,32,38)/t21-/m0/s1. The van der Waals surface area contributed by atoms with Crippen molar-refractivity contribution in [2.75, 3.05) is 31.6 Å². The molecule has 1 aromatic heterocycles. The lowest BCUT2D eigenvalue weighted by molar-refractivity contribution is -0.120. The second kappa shape index (κ2) is 10.4. The number of alkyl halides is 2. The molecule has 0 bridgehead atoms. The highest BCUT2D eigenvalue weighted by atomic mass is 19.3. The lowest BCUT2D eigenvalue weighted by Gasteiger charge is -2.32. The van der Waals surface area contributed by atoms with Crippen molar-refractivity contribution in [3.8, 4) is 5.75 Å². The molecule has 0 radical (unpaired) electrons. The molecule has 0 spiro atoms. The minimum Gasteiger partial charge on any atom is -0.489 e. The second-order valence-electron chi connectivity index (χ2n) is 9.64. The number of likely N-dealkylation sites (N-methyl/N-ethyl adjacent to an activating group) is 1. The van der Waals surface area contributed by atoms with Crippen molar-refractivity contribution in [2.45, 2.75) is 31.2 Å². The monoisotopic (exact) mass is 541 g/mol. The molecule has 3 aromatic rings. The number of anilines is 1. The Hall–Kier alpha value is -4.35. The van der Waals surface area contributed by atoms with Crippen molar-refractivity contribution in [3.05, 3.63) is 77.4 Å². The maximum atomic E-state index is 13.5. The van der Waals surface area contributed by atoms with Gasteiger partial charge in [0.2, 0.25) is 0 Å². The Morgan fingerprint density at radius 2 is 1.90 bits per heavy atom. The van der Waals surface area contributed by atoms with Crippen LogP contribution in [0.1, 0.15) is 34.3 Å². The summed E-state index contributed by atoms with van der Waals surface area (Å²) < 4.78 is 47.3. The molecule has 1 atom stereocenters. The Morgan fingerprint density at radius 1 is 1.13 bits per heavy atom. The van der Waals surface area contributed by atoms with Gasteiger partial charge in [-0.3, -0.25) is 9.59 Å². The lowest BCUT2D eigenvalue weighted by atomic mass is 10.0. The van der Waals surface area contributed by atoms with Gasteiger partial charge in [-0.25, -0.2) is 18.0 Å². The maximum absolute atomic E-state index is 13.5. The van der Waals surface area contributed by atoms with E-state index in [1.54, 1.807) is 18.2 Å². The van der Waals surface area contributed by atoms with Crippen LogP contribution in [0, 0.1) is 5.82 Å². The summed E-state index contributed by atoms with van der Waals surface area (Å²) in [5.41, 5.74) is 1.96. The fourth-order valence-corrected chi connectivity index (χ4v) is 4.61. The van der Waals surface area contributed by atoms with Gasteiger partial charge in [-0.05, 0) is 41.5 Å². The van der Waals surface area contributed by atoms with Gasteiger partial charge in [-0.15, -0.1) is 0 Å². The lowest BCUT2D eigenvalue weighted by Crippen LogP contribution is -2.50. The third-order valence-electron chi connectivity index (χ3n) is 6.82. The van der Waals surface area contributed by atoms with E-state index >= 15 is 0 Å². The fourth-order valence-electron chi connectivity index (χ4n) is 4.61. The molecule has 12 heteroatoms. The normalized spacial score (nSPS) is 18.7. The summed E-state index contributed by atoms with van der Waals surface area (Å²) in [5.74, 6) is -3.68. The van der Waals surface area contributed by atoms with Gasteiger partial charge in [0.15, 0.2) is 0 Å². The first kappa shape index (κ1) is 26.3. The average Bonchev–Trinajstić information content (AvgIpc) is 3.34. The van der Waals surface area contributed by atoms with Gasteiger partial charge in [-0.1, -0.05) is 12.1 Å². The van der Waals surface area contributed by atoms with E-state index in [-0.39, 0.29) is 31.1 Å². The Kier molecular flexibility index (Phi) is 7.02. The average molecular weight is 542 g/mol. The first-order valence-electron chi connectivity index (χ1n) is 12.4. The number of carbonyl (C=O) groups is 3. The Bertz CT molecular complexity index is 1420. The second-order valence-corrected chi connectivity index (χ2v) is 9.64. The first-order chi connectivity index (χ1) is 18.6. The molecule has 1 saturated heterocycles. The van der Waals surface area contributed by atoms with E-state index < -0.39 is 42.7 Å². The zero-order chi connectivity index (χ0) is 27.7. The van der Waals surface area contributed by atoms with Crippen molar-refractivity contribution in [1.82, 2.24) is 20.0 Å². The number of nitrogens with zero attached hydrogens (tertiary/aromatic N) is 4. The van der Waals surface area contributed by atoms with Crippen LogP contribution in [0.4, 0.5) is 23.7 Å². The molecule has 9 nitrogen and oxygen atoms in total. The van der Waals surface area contributed by atoms with Crippen LogP contribution in [-0.4, -0.2) is 71.2 Å². The number of ether oxygens (including phenoxy) is 1. The molecule has 39 heavy (non-hydrogen) atoms. The summed E-state index contributed by atoms with van der Waals surface area (Å²) in [6.45, 7) is -0.271. The van der Waals surface area contributed by atoms with Gasteiger partial charge in [0.1, 0.15) is 24.2 Å². The van der Waals surface area contributed by atoms with Crippen molar-refractivity contribution < 1.29 is 32.3 Å². The quantitative estimate of drug-likeness (QED) is 0.546. The number of hydrogen-bond acceptors (Lipinski definition) is 5. The molecular formula is C27H26F3N5O4.